The van der Waals surface area contributed by atoms with Crippen LogP contribution in [-0.2, 0) is 24.4 Å². The number of non-ortho nitro benzene ring substituents is 1. The number of amides is 3. The van der Waals surface area contributed by atoms with Gasteiger partial charge >= 0.3 is 0 Å². The van der Waals surface area contributed by atoms with Gasteiger partial charge in [0.2, 0.25) is 27.7 Å². The molecule has 3 fully saturated rings. The smallest absolute Gasteiger partial charge is 0.299 e. The predicted molar refractivity (Wildman–Crippen MR) is 283 cm³/mol. The lowest BCUT2D eigenvalue weighted by atomic mass is 9.47. The van der Waals surface area contributed by atoms with E-state index < -0.39 is 42.2 Å². The summed E-state index contributed by atoms with van der Waals surface area (Å²) in [6.07, 6.45) is 16.6. The molecule has 408 valence electrons. The summed E-state index contributed by atoms with van der Waals surface area (Å²) in [5.74, 6) is 3.14. The third-order valence-corrected chi connectivity index (χ3v) is 19.3. The van der Waals surface area contributed by atoms with Crippen LogP contribution in [0.15, 0.2) is 59.0 Å². The average Bonchev–Trinajstić information content (AvgIpc) is 3.72. The van der Waals surface area contributed by atoms with Gasteiger partial charge in [0.05, 0.1) is 20.8 Å². The van der Waals surface area contributed by atoms with Crippen LogP contribution in [0.2, 0.25) is 0 Å². The first-order valence-electron chi connectivity index (χ1n) is 27.1. The van der Waals surface area contributed by atoms with Gasteiger partial charge in [0, 0.05) is 70.2 Å². The molecule has 20 heteroatoms. The standard InChI is InChI=1S/C54H80N8O11S/c1-37(2)13-11-14-38(3)43-21-22-44-42-20-18-39-35-40(24-28-53(39,4)45(42)25-29-54(43,44)5)59(74(72,73)49-16-9-8-15-47(49)61(68)69)34-12-31-56-51(64)26-33-58-52(65)27-32-57-50(63)17-7-6-10-30-55-46-23-19-41(60(66)67)36-48(46)62(70)71/h8-9,15-16,18-19,23,36-38,40,42-45,55H,6-7,10-14,17,20-22,24-35H2,1-5H3,(H,56,64)(H,57,63)(H,58,65)/t38?,40-,42?,43+,44?,45?,53-,54+/m0/s1. The van der Waals surface area contributed by atoms with Gasteiger partial charge in [0.15, 0.2) is 4.90 Å². The van der Waals surface area contributed by atoms with Crippen molar-refractivity contribution in [1.29, 1.82) is 0 Å². The molecule has 2 aromatic rings. The Hall–Kier alpha value is -5.50. The summed E-state index contributed by atoms with van der Waals surface area (Å²) >= 11 is 0. The number of unbranched alkanes of at least 4 members (excludes halogenated alkanes) is 2. The van der Waals surface area contributed by atoms with Crippen molar-refractivity contribution >= 4 is 50.5 Å². The van der Waals surface area contributed by atoms with Crippen LogP contribution in [0.5, 0.6) is 0 Å². The summed E-state index contributed by atoms with van der Waals surface area (Å²) in [6, 6.07) is 8.48. The molecular weight excluding hydrogens is 969 g/mol. The molecule has 0 aromatic heterocycles. The van der Waals surface area contributed by atoms with Crippen LogP contribution in [-0.4, -0.2) is 84.0 Å². The molecule has 4 N–H and O–H groups in total. The lowest BCUT2D eigenvalue weighted by Crippen LogP contribution is -2.53. The molecule has 8 atom stereocenters. The second-order valence-electron chi connectivity index (χ2n) is 22.4. The summed E-state index contributed by atoms with van der Waals surface area (Å²) in [7, 11) is -4.32. The van der Waals surface area contributed by atoms with E-state index in [-0.39, 0.29) is 91.3 Å². The van der Waals surface area contributed by atoms with Crippen molar-refractivity contribution in [2.24, 2.45) is 46.3 Å². The molecule has 0 heterocycles. The Labute approximate surface area is 436 Å². The number of allylic oxidation sites excluding steroid dienone is 1. The fraction of sp³-hybridized carbons (Fsp3) is 0.685. The molecule has 4 aliphatic rings. The van der Waals surface area contributed by atoms with E-state index in [2.05, 4.69) is 62.0 Å². The SMILES string of the molecule is CC(C)CCCC(C)[C@H]1CCC2C3CC=C4C[C@@H](N(CCCNC(=O)CCNC(=O)CCNC(=O)CCCCCNc5ccc([N+](=O)[O-])cc5[N+](=O)[O-])S(=O)(=O)c5ccccc5[N+](=O)[O-])CC[C@]4(C)C3CC[C@@]21C. The molecule has 0 aliphatic heterocycles. The molecule has 0 bridgehead atoms. The number of para-hydroxylation sites is 1. The van der Waals surface area contributed by atoms with Crippen LogP contribution in [0, 0.1) is 76.7 Å². The van der Waals surface area contributed by atoms with E-state index in [1.165, 1.54) is 91.2 Å². The summed E-state index contributed by atoms with van der Waals surface area (Å²) in [5, 5.41) is 45.5. The number of anilines is 1. The predicted octanol–water partition coefficient (Wildman–Crippen LogP) is 10.0. The Kier molecular flexibility index (Phi) is 20.2. The molecular formula is C54H80N8O11S. The Morgan fingerprint density at radius 1 is 0.716 bits per heavy atom. The summed E-state index contributed by atoms with van der Waals surface area (Å²) in [6.45, 7) is 12.9. The van der Waals surface area contributed by atoms with Gasteiger partial charge in [0.25, 0.3) is 17.1 Å². The maximum absolute atomic E-state index is 14.6. The van der Waals surface area contributed by atoms with E-state index >= 15 is 0 Å². The normalized spacial score (nSPS) is 24.7. The first-order chi connectivity index (χ1) is 35.2. The minimum absolute atomic E-state index is 0.00608. The van der Waals surface area contributed by atoms with Crippen molar-refractivity contribution in [1.82, 2.24) is 20.3 Å². The zero-order chi connectivity index (χ0) is 53.8. The first-order valence-corrected chi connectivity index (χ1v) is 28.5. The van der Waals surface area contributed by atoms with Crippen molar-refractivity contribution in [3.63, 3.8) is 0 Å². The monoisotopic (exact) mass is 1050 g/mol. The van der Waals surface area contributed by atoms with Crippen molar-refractivity contribution in [3.8, 4) is 0 Å². The van der Waals surface area contributed by atoms with Gasteiger partial charge in [-0.25, -0.2) is 8.42 Å². The number of sulfonamides is 1. The number of rotatable bonds is 28. The van der Waals surface area contributed by atoms with Gasteiger partial charge < -0.3 is 21.3 Å². The number of hydrogen-bond donors (Lipinski definition) is 4. The van der Waals surface area contributed by atoms with Crippen molar-refractivity contribution in [3.05, 3.63) is 84.5 Å². The van der Waals surface area contributed by atoms with Crippen molar-refractivity contribution in [2.75, 3.05) is 38.0 Å². The fourth-order valence-electron chi connectivity index (χ4n) is 13.5. The highest BCUT2D eigenvalue weighted by Crippen LogP contribution is 2.67. The molecule has 2 aromatic carbocycles. The van der Waals surface area contributed by atoms with Crippen LogP contribution >= 0.6 is 0 Å². The topological polar surface area (TPSA) is 266 Å². The number of carbonyl (C=O) groups is 3. The fourth-order valence-corrected chi connectivity index (χ4v) is 15.3. The molecule has 6 rings (SSSR count). The average molecular weight is 1050 g/mol. The molecule has 74 heavy (non-hydrogen) atoms. The van der Waals surface area contributed by atoms with E-state index in [9.17, 15) is 53.1 Å². The lowest BCUT2D eigenvalue weighted by Gasteiger charge is -2.59. The molecule has 4 unspecified atom stereocenters. The van der Waals surface area contributed by atoms with E-state index in [1.54, 1.807) is 0 Å². The van der Waals surface area contributed by atoms with Gasteiger partial charge in [-0.2, -0.15) is 4.31 Å². The largest absolute Gasteiger partial charge is 0.379 e. The highest BCUT2D eigenvalue weighted by Gasteiger charge is 2.59. The second-order valence-corrected chi connectivity index (χ2v) is 24.2. The highest BCUT2D eigenvalue weighted by molar-refractivity contribution is 7.89. The zero-order valence-corrected chi connectivity index (χ0v) is 44.9. The molecule has 0 radical (unpaired) electrons. The number of hydrogen-bond acceptors (Lipinski definition) is 12. The van der Waals surface area contributed by atoms with Crippen molar-refractivity contribution in [2.45, 2.75) is 161 Å². The number of nitrogens with zero attached hydrogens (tertiary/aromatic N) is 4. The lowest BCUT2D eigenvalue weighted by molar-refractivity contribution is -0.393. The first kappa shape index (κ1) is 57.8. The molecule has 4 aliphatic carbocycles. The Morgan fingerprint density at radius 2 is 1.39 bits per heavy atom. The third-order valence-electron chi connectivity index (χ3n) is 17.3. The Bertz CT molecular complexity index is 2490. The number of nitro groups is 3. The number of benzene rings is 2. The van der Waals surface area contributed by atoms with Crippen LogP contribution in [0.1, 0.15) is 150 Å². The van der Waals surface area contributed by atoms with Crippen molar-refractivity contribution < 1.29 is 37.6 Å². The maximum atomic E-state index is 14.6. The summed E-state index contributed by atoms with van der Waals surface area (Å²) in [4.78, 5) is 69.7. The second kappa shape index (κ2) is 25.8. The Balaban J connectivity index is 0.941. The maximum Gasteiger partial charge on any atom is 0.299 e. The van der Waals surface area contributed by atoms with Crippen LogP contribution in [0.25, 0.3) is 0 Å². The van der Waals surface area contributed by atoms with Crippen LogP contribution in [0.4, 0.5) is 22.7 Å². The van der Waals surface area contributed by atoms with E-state index in [0.29, 0.717) is 61.8 Å². The minimum atomic E-state index is -4.32. The van der Waals surface area contributed by atoms with Gasteiger partial charge in [-0.1, -0.05) is 84.1 Å². The zero-order valence-electron chi connectivity index (χ0n) is 44.1. The van der Waals surface area contributed by atoms with Gasteiger partial charge in [-0.05, 0) is 129 Å². The van der Waals surface area contributed by atoms with E-state index in [1.807, 2.05) is 0 Å². The number of carbonyl (C=O) groups excluding carboxylic acids is 3. The molecule has 0 spiro atoms. The highest BCUT2D eigenvalue weighted by atomic mass is 32.2. The molecule has 0 saturated heterocycles. The third kappa shape index (κ3) is 14.0. The summed E-state index contributed by atoms with van der Waals surface area (Å²) in [5.41, 5.74) is 0.563. The Morgan fingerprint density at radius 3 is 2.07 bits per heavy atom. The van der Waals surface area contributed by atoms with Gasteiger partial charge in [0.1, 0.15) is 5.69 Å². The molecule has 3 amide bonds. The van der Waals surface area contributed by atoms with E-state index in [0.717, 1.165) is 36.7 Å². The van der Waals surface area contributed by atoms with Crippen LogP contribution < -0.4 is 21.3 Å². The quantitative estimate of drug-likeness (QED) is 0.0268. The van der Waals surface area contributed by atoms with Gasteiger partial charge in [-0.3, -0.25) is 44.7 Å². The molecule has 19 nitrogen and oxygen atoms in total. The minimum Gasteiger partial charge on any atom is -0.379 e. The number of nitro benzene ring substituents is 3. The number of fused-ring (bicyclic) bond motifs is 5. The van der Waals surface area contributed by atoms with Gasteiger partial charge in [-0.15, -0.1) is 0 Å². The number of nitrogens with one attached hydrogen (secondary N) is 4. The summed E-state index contributed by atoms with van der Waals surface area (Å²) < 4.78 is 30.7. The van der Waals surface area contributed by atoms with Crippen LogP contribution in [0.3, 0.4) is 0 Å². The molecule has 3 saturated carbocycles. The van der Waals surface area contributed by atoms with E-state index in [4.69, 9.17) is 0 Å².